The largest absolute Gasteiger partial charge is 0.495 e. The molecule has 0 bridgehead atoms. The van der Waals surface area contributed by atoms with Crippen molar-refractivity contribution in [3.05, 3.63) is 66.2 Å². The Bertz CT molecular complexity index is 979. The maximum Gasteiger partial charge on any atom is 0.259 e. The molecule has 1 atom stereocenters. The van der Waals surface area contributed by atoms with Crippen LogP contribution in [0.25, 0.3) is 10.8 Å². The van der Waals surface area contributed by atoms with E-state index in [4.69, 9.17) is 14.2 Å². The first-order valence-electron chi connectivity index (χ1n) is 9.46. The minimum Gasteiger partial charge on any atom is -0.495 e. The molecule has 0 radical (unpaired) electrons. The summed E-state index contributed by atoms with van der Waals surface area (Å²) in [5, 5.41) is 4.95. The van der Waals surface area contributed by atoms with Crippen molar-refractivity contribution in [3.8, 4) is 11.5 Å². The van der Waals surface area contributed by atoms with Crippen LogP contribution < -0.4 is 14.8 Å². The number of benzene rings is 3. The fraction of sp³-hybridized carbons (Fsp3) is 0.261. The number of hydrogen-bond donors (Lipinski definition) is 1. The molecule has 1 amide bonds. The summed E-state index contributed by atoms with van der Waals surface area (Å²) in [6.07, 6.45) is 2.11. The van der Waals surface area contributed by atoms with Crippen LogP contribution >= 0.6 is 0 Å². The highest BCUT2D eigenvalue weighted by Gasteiger charge is 2.20. The third-order valence-electron chi connectivity index (χ3n) is 4.90. The monoisotopic (exact) mass is 377 g/mol. The van der Waals surface area contributed by atoms with Crippen LogP contribution in [0, 0.1) is 0 Å². The molecule has 28 heavy (non-hydrogen) atoms. The van der Waals surface area contributed by atoms with Crippen LogP contribution in [0.2, 0.25) is 0 Å². The molecule has 1 aliphatic heterocycles. The summed E-state index contributed by atoms with van der Waals surface area (Å²) >= 11 is 0. The lowest BCUT2D eigenvalue weighted by atomic mass is 10.0. The van der Waals surface area contributed by atoms with E-state index in [-0.39, 0.29) is 12.0 Å². The summed E-state index contributed by atoms with van der Waals surface area (Å²) in [7, 11) is 1.58. The number of fused-ring (bicyclic) bond motifs is 1. The van der Waals surface area contributed by atoms with Crippen molar-refractivity contribution < 1.29 is 19.0 Å². The summed E-state index contributed by atoms with van der Waals surface area (Å²) in [6.45, 7) is 1.21. The maximum absolute atomic E-state index is 13.1. The highest BCUT2D eigenvalue weighted by molar-refractivity contribution is 6.09. The highest BCUT2D eigenvalue weighted by atomic mass is 16.5. The summed E-state index contributed by atoms with van der Waals surface area (Å²) in [5.74, 6) is 0.928. The number of nitrogens with one attached hydrogen (secondary N) is 1. The second-order valence-corrected chi connectivity index (χ2v) is 6.80. The Morgan fingerprint density at radius 1 is 1.07 bits per heavy atom. The van der Waals surface area contributed by atoms with Gasteiger partial charge in [-0.1, -0.05) is 36.4 Å². The number of anilines is 1. The van der Waals surface area contributed by atoms with E-state index >= 15 is 0 Å². The van der Waals surface area contributed by atoms with Gasteiger partial charge in [0.1, 0.15) is 18.1 Å². The van der Waals surface area contributed by atoms with Crippen molar-refractivity contribution in [2.75, 3.05) is 25.6 Å². The molecule has 5 heteroatoms. The highest BCUT2D eigenvalue weighted by Crippen LogP contribution is 2.29. The van der Waals surface area contributed by atoms with Gasteiger partial charge in [-0.3, -0.25) is 4.79 Å². The standard InChI is InChI=1S/C23H23NO4/c1-26-21-11-5-4-10-20(21)24-23(25)19-13-16-7-2-3-8-17(16)14-22(19)28-15-18-9-6-12-27-18/h2-5,7-8,10-11,13-14,18H,6,9,12,15H2,1H3,(H,24,25)/t18-/m1/s1. The lowest BCUT2D eigenvalue weighted by Crippen LogP contribution is -2.19. The lowest BCUT2D eigenvalue weighted by molar-refractivity contribution is 0.0673. The van der Waals surface area contributed by atoms with E-state index in [1.54, 1.807) is 7.11 Å². The summed E-state index contributed by atoms with van der Waals surface area (Å²) < 4.78 is 17.0. The second-order valence-electron chi connectivity index (χ2n) is 6.80. The number of carbonyl (C=O) groups is 1. The van der Waals surface area contributed by atoms with Gasteiger partial charge < -0.3 is 19.5 Å². The van der Waals surface area contributed by atoms with Crippen molar-refractivity contribution in [1.82, 2.24) is 0 Å². The first kappa shape index (κ1) is 18.3. The fourth-order valence-corrected chi connectivity index (χ4v) is 3.41. The Kier molecular flexibility index (Phi) is 5.44. The Hall–Kier alpha value is -3.05. The van der Waals surface area contributed by atoms with Crippen LogP contribution in [0.5, 0.6) is 11.5 Å². The Balaban J connectivity index is 1.64. The van der Waals surface area contributed by atoms with E-state index in [0.29, 0.717) is 29.4 Å². The second kappa shape index (κ2) is 8.31. The molecule has 1 saturated heterocycles. The molecule has 0 aromatic heterocycles. The molecule has 1 heterocycles. The Morgan fingerprint density at radius 3 is 2.57 bits per heavy atom. The van der Waals surface area contributed by atoms with E-state index in [0.717, 1.165) is 30.2 Å². The molecule has 3 aromatic carbocycles. The molecular weight excluding hydrogens is 354 g/mol. The van der Waals surface area contributed by atoms with Crippen LogP contribution in [0.4, 0.5) is 5.69 Å². The number of rotatable bonds is 6. The Labute approximate surface area is 164 Å². The summed E-state index contributed by atoms with van der Waals surface area (Å²) in [5.41, 5.74) is 1.11. The van der Waals surface area contributed by atoms with Gasteiger partial charge in [-0.15, -0.1) is 0 Å². The molecule has 1 aliphatic rings. The molecule has 3 aromatic rings. The zero-order valence-electron chi connectivity index (χ0n) is 15.8. The predicted molar refractivity (Wildman–Crippen MR) is 109 cm³/mol. The molecule has 1 N–H and O–H groups in total. The van der Waals surface area contributed by atoms with Gasteiger partial charge in [-0.25, -0.2) is 0 Å². The first-order valence-corrected chi connectivity index (χ1v) is 9.46. The number of amides is 1. The van der Waals surface area contributed by atoms with Gasteiger partial charge in [-0.05, 0) is 47.9 Å². The minimum absolute atomic E-state index is 0.0802. The molecular formula is C23H23NO4. The van der Waals surface area contributed by atoms with Gasteiger partial charge in [-0.2, -0.15) is 0 Å². The van der Waals surface area contributed by atoms with Crippen LogP contribution in [0.3, 0.4) is 0 Å². The smallest absolute Gasteiger partial charge is 0.259 e. The number of para-hydroxylation sites is 2. The van der Waals surface area contributed by atoms with Crippen molar-refractivity contribution in [2.24, 2.45) is 0 Å². The van der Waals surface area contributed by atoms with Crippen LogP contribution in [-0.4, -0.2) is 32.3 Å². The average Bonchev–Trinajstić information content (AvgIpc) is 3.25. The molecule has 0 saturated carbocycles. The maximum atomic E-state index is 13.1. The van der Waals surface area contributed by atoms with Crippen molar-refractivity contribution in [1.29, 1.82) is 0 Å². The molecule has 0 spiro atoms. The molecule has 144 valence electrons. The van der Waals surface area contributed by atoms with Crippen LogP contribution in [-0.2, 0) is 4.74 Å². The van der Waals surface area contributed by atoms with E-state index in [1.807, 2.05) is 60.7 Å². The van der Waals surface area contributed by atoms with E-state index < -0.39 is 0 Å². The van der Waals surface area contributed by atoms with E-state index in [2.05, 4.69) is 5.32 Å². The third-order valence-corrected chi connectivity index (χ3v) is 4.90. The Morgan fingerprint density at radius 2 is 1.82 bits per heavy atom. The van der Waals surface area contributed by atoms with Gasteiger partial charge in [0.2, 0.25) is 0 Å². The number of ether oxygens (including phenoxy) is 3. The first-order chi connectivity index (χ1) is 13.7. The van der Waals surface area contributed by atoms with Gasteiger partial charge in [0, 0.05) is 6.61 Å². The van der Waals surface area contributed by atoms with Crippen molar-refractivity contribution >= 4 is 22.4 Å². The third kappa shape index (κ3) is 3.94. The van der Waals surface area contributed by atoms with E-state index in [1.165, 1.54) is 0 Å². The predicted octanol–water partition coefficient (Wildman–Crippen LogP) is 4.66. The topological polar surface area (TPSA) is 56.8 Å². The quantitative estimate of drug-likeness (QED) is 0.679. The molecule has 4 rings (SSSR count). The average molecular weight is 377 g/mol. The van der Waals surface area contributed by atoms with Crippen LogP contribution in [0.1, 0.15) is 23.2 Å². The van der Waals surface area contributed by atoms with Crippen LogP contribution in [0.15, 0.2) is 60.7 Å². The number of hydrogen-bond acceptors (Lipinski definition) is 4. The molecule has 1 fully saturated rings. The molecule has 0 unspecified atom stereocenters. The van der Waals surface area contributed by atoms with Gasteiger partial charge in [0.15, 0.2) is 0 Å². The summed E-state index contributed by atoms with van der Waals surface area (Å²) in [4.78, 5) is 13.1. The lowest BCUT2D eigenvalue weighted by Gasteiger charge is -2.16. The van der Waals surface area contributed by atoms with Gasteiger partial charge in [0.05, 0.1) is 24.5 Å². The van der Waals surface area contributed by atoms with Gasteiger partial charge >= 0.3 is 0 Å². The summed E-state index contributed by atoms with van der Waals surface area (Å²) in [6, 6.07) is 19.0. The zero-order valence-corrected chi connectivity index (χ0v) is 15.8. The van der Waals surface area contributed by atoms with Crippen molar-refractivity contribution in [2.45, 2.75) is 18.9 Å². The normalized spacial score (nSPS) is 16.1. The SMILES string of the molecule is COc1ccccc1NC(=O)c1cc2ccccc2cc1OC[C@H]1CCCO1. The fourth-order valence-electron chi connectivity index (χ4n) is 3.41. The minimum atomic E-state index is -0.238. The van der Waals surface area contributed by atoms with E-state index in [9.17, 15) is 4.79 Å². The number of carbonyl (C=O) groups excluding carboxylic acids is 1. The van der Waals surface area contributed by atoms with Gasteiger partial charge in [0.25, 0.3) is 5.91 Å². The number of methoxy groups -OCH3 is 1. The molecule has 0 aliphatic carbocycles. The molecule has 5 nitrogen and oxygen atoms in total. The zero-order chi connectivity index (χ0) is 19.3. The van der Waals surface area contributed by atoms with Crippen molar-refractivity contribution in [3.63, 3.8) is 0 Å².